The van der Waals surface area contributed by atoms with E-state index in [2.05, 4.69) is 26.8 Å². The number of anilines is 1. The average Bonchev–Trinajstić information content (AvgIpc) is 2.59. The van der Waals surface area contributed by atoms with Crippen LogP contribution < -0.4 is 4.90 Å². The van der Waals surface area contributed by atoms with E-state index in [1.54, 1.807) is 0 Å². The summed E-state index contributed by atoms with van der Waals surface area (Å²) in [5.41, 5.74) is 0. The second-order valence-electron chi connectivity index (χ2n) is 3.01. The SMILES string of the molecule is CCC(CSC)N(C)c1nsnc1Cl. The molecule has 6 heteroatoms. The highest BCUT2D eigenvalue weighted by Crippen LogP contribution is 2.24. The molecule has 1 aromatic heterocycles. The Bertz CT molecular complexity index is 279. The van der Waals surface area contributed by atoms with E-state index in [9.17, 15) is 0 Å². The van der Waals surface area contributed by atoms with Crippen molar-refractivity contribution in [2.45, 2.75) is 19.4 Å². The quantitative estimate of drug-likeness (QED) is 0.805. The predicted octanol–water partition coefficient (Wildman–Crippen LogP) is 2.77. The molecule has 1 aromatic rings. The Morgan fingerprint density at radius 3 is 2.71 bits per heavy atom. The van der Waals surface area contributed by atoms with E-state index in [0.717, 1.165) is 29.7 Å². The number of hydrogen-bond acceptors (Lipinski definition) is 5. The smallest absolute Gasteiger partial charge is 0.187 e. The molecule has 0 radical (unpaired) electrons. The first-order valence-corrected chi connectivity index (χ1v) is 6.90. The Labute approximate surface area is 98.2 Å². The monoisotopic (exact) mass is 251 g/mol. The van der Waals surface area contributed by atoms with Crippen molar-refractivity contribution in [2.24, 2.45) is 0 Å². The van der Waals surface area contributed by atoms with Crippen LogP contribution in [0, 0.1) is 0 Å². The summed E-state index contributed by atoms with van der Waals surface area (Å²) < 4.78 is 8.14. The normalized spacial score (nSPS) is 12.9. The molecule has 80 valence electrons. The first-order chi connectivity index (χ1) is 6.70. The maximum Gasteiger partial charge on any atom is 0.187 e. The van der Waals surface area contributed by atoms with Crippen LogP contribution in [0.4, 0.5) is 5.82 Å². The van der Waals surface area contributed by atoms with Crippen LogP contribution in [0.15, 0.2) is 0 Å². The van der Waals surface area contributed by atoms with Gasteiger partial charge in [0.2, 0.25) is 0 Å². The van der Waals surface area contributed by atoms with Gasteiger partial charge in [-0.15, -0.1) is 0 Å². The maximum atomic E-state index is 5.92. The lowest BCUT2D eigenvalue weighted by Crippen LogP contribution is -2.33. The maximum absolute atomic E-state index is 5.92. The van der Waals surface area contributed by atoms with Crippen LogP contribution in [0.3, 0.4) is 0 Å². The largest absolute Gasteiger partial charge is 0.352 e. The zero-order valence-corrected chi connectivity index (χ0v) is 10.9. The second kappa shape index (κ2) is 5.78. The number of halogens is 1. The first-order valence-electron chi connectivity index (χ1n) is 4.40. The summed E-state index contributed by atoms with van der Waals surface area (Å²) in [6.45, 7) is 2.17. The van der Waals surface area contributed by atoms with Crippen molar-refractivity contribution in [1.82, 2.24) is 8.75 Å². The zero-order valence-electron chi connectivity index (χ0n) is 8.53. The minimum absolute atomic E-state index is 0.478. The molecule has 0 aliphatic heterocycles. The lowest BCUT2D eigenvalue weighted by atomic mass is 10.2. The van der Waals surface area contributed by atoms with Gasteiger partial charge in [-0.3, -0.25) is 0 Å². The molecule has 0 aromatic carbocycles. The van der Waals surface area contributed by atoms with Crippen LogP contribution in [0.1, 0.15) is 13.3 Å². The average molecular weight is 252 g/mol. The molecule has 1 atom stereocenters. The highest BCUT2D eigenvalue weighted by molar-refractivity contribution is 7.98. The van der Waals surface area contributed by atoms with E-state index in [4.69, 9.17) is 11.6 Å². The molecule has 3 nitrogen and oxygen atoms in total. The van der Waals surface area contributed by atoms with Gasteiger partial charge in [0.05, 0.1) is 11.7 Å². The third kappa shape index (κ3) is 2.74. The fourth-order valence-electron chi connectivity index (χ4n) is 1.25. The molecule has 0 aliphatic carbocycles. The van der Waals surface area contributed by atoms with E-state index in [-0.39, 0.29) is 0 Å². The summed E-state index contributed by atoms with van der Waals surface area (Å²) in [6.07, 6.45) is 3.20. The van der Waals surface area contributed by atoms with Gasteiger partial charge in [0.1, 0.15) is 0 Å². The van der Waals surface area contributed by atoms with Gasteiger partial charge in [-0.25, -0.2) is 0 Å². The molecular formula is C8H14ClN3S2. The minimum atomic E-state index is 0.478. The molecule has 0 spiro atoms. The number of nitrogens with zero attached hydrogens (tertiary/aromatic N) is 3. The second-order valence-corrected chi connectivity index (χ2v) is 4.80. The van der Waals surface area contributed by atoms with Gasteiger partial charge < -0.3 is 4.90 Å². The molecule has 1 rings (SSSR count). The Hall–Kier alpha value is -0.0000000000000000555. The number of aromatic nitrogens is 2. The summed E-state index contributed by atoms with van der Waals surface area (Å²) >= 11 is 8.92. The van der Waals surface area contributed by atoms with Crippen molar-refractivity contribution < 1.29 is 0 Å². The summed E-state index contributed by atoms with van der Waals surface area (Å²) in [4.78, 5) is 2.11. The van der Waals surface area contributed by atoms with Gasteiger partial charge in [-0.1, -0.05) is 18.5 Å². The van der Waals surface area contributed by atoms with Crippen molar-refractivity contribution in [1.29, 1.82) is 0 Å². The van der Waals surface area contributed by atoms with Gasteiger partial charge in [0.25, 0.3) is 0 Å². The van der Waals surface area contributed by atoms with E-state index in [0.29, 0.717) is 11.2 Å². The fourth-order valence-corrected chi connectivity index (χ4v) is 2.90. The number of hydrogen-bond donors (Lipinski definition) is 0. The van der Waals surface area contributed by atoms with Gasteiger partial charge >= 0.3 is 0 Å². The molecule has 1 unspecified atom stereocenters. The Kier molecular flexibility index (Phi) is 4.98. The fraction of sp³-hybridized carbons (Fsp3) is 0.750. The minimum Gasteiger partial charge on any atom is -0.352 e. The molecule has 0 saturated heterocycles. The third-order valence-electron chi connectivity index (χ3n) is 2.14. The highest BCUT2D eigenvalue weighted by atomic mass is 35.5. The topological polar surface area (TPSA) is 29.0 Å². The van der Waals surface area contributed by atoms with Gasteiger partial charge in [-0.2, -0.15) is 20.5 Å². The molecule has 0 fully saturated rings. The van der Waals surface area contributed by atoms with Crippen LogP contribution in [0.25, 0.3) is 0 Å². The summed E-state index contributed by atoms with van der Waals surface area (Å²) in [5, 5.41) is 0.511. The first kappa shape index (κ1) is 12.1. The third-order valence-corrected chi connectivity index (χ3v) is 3.74. The van der Waals surface area contributed by atoms with Crippen molar-refractivity contribution in [3.63, 3.8) is 0 Å². The van der Waals surface area contributed by atoms with Crippen molar-refractivity contribution in [2.75, 3.05) is 24.0 Å². The Balaban J connectivity index is 2.72. The lowest BCUT2D eigenvalue weighted by molar-refractivity contribution is 0.668. The van der Waals surface area contributed by atoms with E-state index in [1.165, 1.54) is 0 Å². The summed E-state index contributed by atoms with van der Waals surface area (Å²) in [6, 6.07) is 0.478. The lowest BCUT2D eigenvalue weighted by Gasteiger charge is -2.26. The highest BCUT2D eigenvalue weighted by Gasteiger charge is 2.17. The molecule has 14 heavy (non-hydrogen) atoms. The summed E-state index contributed by atoms with van der Waals surface area (Å²) in [7, 11) is 2.02. The molecule has 0 amide bonds. The van der Waals surface area contributed by atoms with E-state index >= 15 is 0 Å². The number of rotatable bonds is 5. The number of thioether (sulfide) groups is 1. The van der Waals surface area contributed by atoms with Crippen molar-refractivity contribution in [3.05, 3.63) is 5.15 Å². The van der Waals surface area contributed by atoms with E-state index in [1.807, 2.05) is 18.8 Å². The molecule has 0 saturated carbocycles. The molecule has 0 bridgehead atoms. The molecular weight excluding hydrogens is 238 g/mol. The molecule has 0 aliphatic rings. The molecule has 0 N–H and O–H groups in total. The Morgan fingerprint density at radius 2 is 2.29 bits per heavy atom. The van der Waals surface area contributed by atoms with Gasteiger partial charge in [0, 0.05) is 18.8 Å². The van der Waals surface area contributed by atoms with Gasteiger partial charge in [-0.05, 0) is 12.7 Å². The van der Waals surface area contributed by atoms with Crippen LogP contribution in [-0.4, -0.2) is 33.8 Å². The van der Waals surface area contributed by atoms with Crippen LogP contribution in [0.2, 0.25) is 5.15 Å². The van der Waals surface area contributed by atoms with Crippen LogP contribution in [-0.2, 0) is 0 Å². The van der Waals surface area contributed by atoms with Crippen molar-refractivity contribution >= 4 is 40.9 Å². The summed E-state index contributed by atoms with van der Waals surface area (Å²) in [5.74, 6) is 1.89. The molecule has 1 heterocycles. The van der Waals surface area contributed by atoms with Crippen LogP contribution in [0.5, 0.6) is 0 Å². The zero-order chi connectivity index (χ0) is 10.6. The predicted molar refractivity (Wildman–Crippen MR) is 65.8 cm³/mol. The van der Waals surface area contributed by atoms with Gasteiger partial charge in [0.15, 0.2) is 11.0 Å². The van der Waals surface area contributed by atoms with E-state index < -0.39 is 0 Å². The van der Waals surface area contributed by atoms with Crippen LogP contribution >= 0.6 is 35.1 Å². The standard InChI is InChI=1S/C8H14ClN3S2/c1-4-6(5-13-3)12(2)8-7(9)10-14-11-8/h6H,4-5H2,1-3H3. The van der Waals surface area contributed by atoms with Crippen molar-refractivity contribution in [3.8, 4) is 0 Å². The Morgan fingerprint density at radius 1 is 1.57 bits per heavy atom.